The molecule has 0 bridgehead atoms. The van der Waals surface area contributed by atoms with Crippen LogP contribution in [-0.2, 0) is 0 Å². The van der Waals surface area contributed by atoms with Crippen LogP contribution in [0.2, 0.25) is 0 Å². The van der Waals surface area contributed by atoms with Gasteiger partial charge in [-0.15, -0.1) is 0 Å². The predicted molar refractivity (Wildman–Crippen MR) is 224 cm³/mol. The third-order valence-corrected chi connectivity index (χ3v) is 10.4. The first-order valence-electron chi connectivity index (χ1n) is 18.3. The zero-order chi connectivity index (χ0) is 36.3. The van der Waals surface area contributed by atoms with Crippen molar-refractivity contribution < 1.29 is 0 Å². The molecule has 0 aliphatic carbocycles. The van der Waals surface area contributed by atoms with Crippen molar-refractivity contribution in [3.8, 4) is 56.5 Å². The number of nitrogens with zero attached hydrogens (tertiary/aromatic N) is 6. The molecule has 0 amide bonds. The maximum atomic E-state index is 5.26. The average Bonchev–Trinajstić information content (AvgIpc) is 3.64. The summed E-state index contributed by atoms with van der Waals surface area (Å²) >= 11 is 0. The third kappa shape index (κ3) is 5.23. The van der Waals surface area contributed by atoms with E-state index in [1.807, 2.05) is 24.4 Å². The Bertz CT molecular complexity index is 3180. The van der Waals surface area contributed by atoms with Crippen molar-refractivity contribution in [2.75, 3.05) is 0 Å². The summed E-state index contributed by atoms with van der Waals surface area (Å²) in [5, 5.41) is 6.62. The summed E-state index contributed by atoms with van der Waals surface area (Å²) in [7, 11) is 0. The summed E-state index contributed by atoms with van der Waals surface area (Å²) in [5.74, 6) is 1.89. The van der Waals surface area contributed by atoms with E-state index in [4.69, 9.17) is 24.9 Å². The van der Waals surface area contributed by atoms with Gasteiger partial charge in [-0.25, -0.2) is 24.9 Å². The largest absolute Gasteiger partial charge is 0.284 e. The van der Waals surface area contributed by atoms with Gasteiger partial charge in [0.2, 0.25) is 0 Å². The number of rotatable bonds is 5. The maximum absolute atomic E-state index is 5.26. The Hall–Kier alpha value is -7.57. The molecule has 0 atom stereocenters. The zero-order valence-electron chi connectivity index (χ0n) is 29.5. The van der Waals surface area contributed by atoms with E-state index in [-0.39, 0.29) is 0 Å². The van der Waals surface area contributed by atoms with Gasteiger partial charge in [0.05, 0.1) is 5.69 Å². The first-order valence-corrected chi connectivity index (χ1v) is 18.3. The van der Waals surface area contributed by atoms with Crippen molar-refractivity contribution in [1.82, 2.24) is 29.3 Å². The minimum absolute atomic E-state index is 0.615. The number of benzene rings is 7. The van der Waals surface area contributed by atoms with Crippen molar-refractivity contribution >= 4 is 49.1 Å². The van der Waals surface area contributed by atoms with Crippen molar-refractivity contribution in [2.24, 2.45) is 0 Å². The second-order valence-electron chi connectivity index (χ2n) is 13.7. The molecule has 0 aliphatic heterocycles. The second-order valence-corrected chi connectivity index (χ2v) is 13.7. The van der Waals surface area contributed by atoms with E-state index in [0.29, 0.717) is 17.5 Å². The van der Waals surface area contributed by atoms with Crippen LogP contribution in [0.5, 0.6) is 0 Å². The maximum Gasteiger partial charge on any atom is 0.165 e. The Labute approximate surface area is 316 Å². The quantitative estimate of drug-likeness (QED) is 0.179. The lowest BCUT2D eigenvalue weighted by atomic mass is 9.97. The monoisotopic (exact) mass is 702 g/mol. The molecule has 4 heterocycles. The highest BCUT2D eigenvalue weighted by atomic mass is 15.1. The number of pyridine rings is 2. The van der Waals surface area contributed by atoms with Crippen LogP contribution in [0, 0.1) is 0 Å². The van der Waals surface area contributed by atoms with Crippen LogP contribution in [0.1, 0.15) is 0 Å². The molecular formula is C49H30N6. The van der Waals surface area contributed by atoms with E-state index < -0.39 is 0 Å². The Kier molecular flexibility index (Phi) is 7.07. The molecule has 256 valence electrons. The average molecular weight is 703 g/mol. The van der Waals surface area contributed by atoms with Crippen LogP contribution in [-0.4, -0.2) is 29.3 Å². The third-order valence-electron chi connectivity index (χ3n) is 10.4. The summed E-state index contributed by atoms with van der Waals surface area (Å²) in [6.07, 6.45) is 2.02. The fraction of sp³-hybridized carbons (Fsp3) is 0. The molecule has 0 fully saturated rings. The number of aromatic nitrogens is 6. The van der Waals surface area contributed by atoms with E-state index >= 15 is 0 Å². The normalized spacial score (nSPS) is 11.6. The fourth-order valence-corrected chi connectivity index (χ4v) is 7.82. The second kappa shape index (κ2) is 12.5. The highest BCUT2D eigenvalue weighted by molar-refractivity contribution is 6.09. The Morgan fingerprint density at radius 1 is 0.345 bits per heavy atom. The number of fused-ring (bicyclic) bond motifs is 7. The zero-order valence-corrected chi connectivity index (χ0v) is 29.5. The Balaban J connectivity index is 1.07. The molecule has 6 nitrogen and oxygen atoms in total. The van der Waals surface area contributed by atoms with Crippen LogP contribution in [0.4, 0.5) is 0 Å². The summed E-state index contributed by atoms with van der Waals surface area (Å²) in [4.78, 5) is 25.7. The van der Waals surface area contributed by atoms with Gasteiger partial charge in [-0.1, -0.05) is 152 Å². The van der Waals surface area contributed by atoms with Gasteiger partial charge < -0.3 is 0 Å². The van der Waals surface area contributed by atoms with Gasteiger partial charge in [-0.2, -0.15) is 0 Å². The lowest BCUT2D eigenvalue weighted by molar-refractivity contribution is 1.08. The Morgan fingerprint density at radius 3 is 1.55 bits per heavy atom. The van der Waals surface area contributed by atoms with Gasteiger partial charge in [0, 0.05) is 39.2 Å². The standard InChI is InChI=1S/C49H30N6/c1-3-21-37-31(13-1)15-11-25-41(37)47-52-46(53-48(54-47)42-26-12-16-32-14-2-4-22-38(32)42)36-20-10-18-34(30-36)33-17-9-19-35(29-33)44-39-23-5-6-24-40(39)45-49(51-44)55-28-8-7-27-43(55)50-45/h1-30H. The molecule has 0 saturated heterocycles. The molecule has 55 heavy (non-hydrogen) atoms. The molecule has 0 aliphatic rings. The summed E-state index contributed by atoms with van der Waals surface area (Å²) in [5.41, 5.74) is 9.54. The van der Waals surface area contributed by atoms with Gasteiger partial charge >= 0.3 is 0 Å². The molecule has 0 spiro atoms. The van der Waals surface area contributed by atoms with Crippen molar-refractivity contribution in [3.63, 3.8) is 0 Å². The molecule has 4 aromatic heterocycles. The topological polar surface area (TPSA) is 68.9 Å². The van der Waals surface area contributed by atoms with Crippen molar-refractivity contribution in [2.45, 2.75) is 0 Å². The van der Waals surface area contributed by atoms with Crippen LogP contribution in [0.15, 0.2) is 182 Å². The molecule has 6 heteroatoms. The molecule has 0 N–H and O–H groups in total. The molecule has 0 radical (unpaired) electrons. The van der Waals surface area contributed by atoms with E-state index in [2.05, 4.69) is 162 Å². The molecule has 0 saturated carbocycles. The Morgan fingerprint density at radius 2 is 0.855 bits per heavy atom. The first kappa shape index (κ1) is 31.0. The van der Waals surface area contributed by atoms with E-state index in [1.165, 1.54) is 0 Å². The lowest BCUT2D eigenvalue weighted by Crippen LogP contribution is -2.01. The summed E-state index contributed by atoms with van der Waals surface area (Å²) in [6, 6.07) is 60.8. The van der Waals surface area contributed by atoms with Gasteiger partial charge in [0.15, 0.2) is 23.1 Å². The predicted octanol–water partition coefficient (Wildman–Crippen LogP) is 11.9. The van der Waals surface area contributed by atoms with E-state index in [0.717, 1.165) is 88.2 Å². The number of hydrogen-bond donors (Lipinski definition) is 0. The minimum Gasteiger partial charge on any atom is -0.284 e. The fourth-order valence-electron chi connectivity index (χ4n) is 7.82. The van der Waals surface area contributed by atoms with E-state index in [9.17, 15) is 0 Å². The van der Waals surface area contributed by atoms with Crippen LogP contribution in [0.3, 0.4) is 0 Å². The smallest absolute Gasteiger partial charge is 0.165 e. The number of hydrogen-bond acceptors (Lipinski definition) is 5. The summed E-state index contributed by atoms with van der Waals surface area (Å²) in [6.45, 7) is 0. The molecule has 7 aromatic carbocycles. The summed E-state index contributed by atoms with van der Waals surface area (Å²) < 4.78 is 2.06. The molecular weight excluding hydrogens is 673 g/mol. The van der Waals surface area contributed by atoms with Gasteiger partial charge in [-0.3, -0.25) is 4.40 Å². The molecule has 0 unspecified atom stereocenters. The lowest BCUT2D eigenvalue weighted by Gasteiger charge is -2.13. The van der Waals surface area contributed by atoms with Crippen LogP contribution >= 0.6 is 0 Å². The van der Waals surface area contributed by atoms with Crippen molar-refractivity contribution in [3.05, 3.63) is 182 Å². The SMILES string of the molecule is c1cc(-c2cccc(-c3nc4c(nc5ccccn54)c4ccccc34)c2)cc(-c2nc(-c3cccc4ccccc34)nc(-c3cccc4ccccc34)n2)c1. The van der Waals surface area contributed by atoms with Gasteiger partial charge in [0.25, 0.3) is 0 Å². The van der Waals surface area contributed by atoms with E-state index in [1.54, 1.807) is 0 Å². The number of imidazole rings is 1. The highest BCUT2D eigenvalue weighted by Gasteiger charge is 2.18. The van der Waals surface area contributed by atoms with Crippen LogP contribution in [0.25, 0.3) is 106 Å². The van der Waals surface area contributed by atoms with Crippen molar-refractivity contribution in [1.29, 1.82) is 0 Å². The highest BCUT2D eigenvalue weighted by Crippen LogP contribution is 2.36. The molecule has 11 rings (SSSR count). The first-order chi connectivity index (χ1) is 27.2. The van der Waals surface area contributed by atoms with Gasteiger partial charge in [-0.05, 0) is 56.9 Å². The van der Waals surface area contributed by atoms with Crippen LogP contribution < -0.4 is 0 Å². The minimum atomic E-state index is 0.615. The van der Waals surface area contributed by atoms with Gasteiger partial charge in [0.1, 0.15) is 11.2 Å². The molecule has 11 aromatic rings.